The van der Waals surface area contributed by atoms with Gasteiger partial charge in [0.25, 0.3) is 5.91 Å². The van der Waals surface area contributed by atoms with Crippen LogP contribution in [0.25, 0.3) is 0 Å². The number of carbonyl (C=O) groups excluding carboxylic acids is 2. The first-order valence-electron chi connectivity index (χ1n) is 12.2. The van der Waals surface area contributed by atoms with E-state index in [-0.39, 0.29) is 11.0 Å². The third-order valence-electron chi connectivity index (χ3n) is 6.06. The molecule has 1 fully saturated rings. The molecule has 0 spiro atoms. The van der Waals surface area contributed by atoms with Gasteiger partial charge >= 0.3 is 0 Å². The molecule has 0 aliphatic carbocycles. The Balaban J connectivity index is 1.70. The maximum absolute atomic E-state index is 13.4. The van der Waals surface area contributed by atoms with Crippen LogP contribution >= 0.6 is 0 Å². The molecule has 2 aromatic carbocycles. The minimum absolute atomic E-state index is 0.270. The molecule has 1 heterocycles. The molecule has 1 saturated heterocycles. The highest BCUT2D eigenvalue weighted by atomic mass is 32.2. The van der Waals surface area contributed by atoms with Gasteiger partial charge in [0.1, 0.15) is 11.6 Å². The average molecular weight is 526 g/mol. The van der Waals surface area contributed by atoms with Crippen LogP contribution in [0.3, 0.4) is 0 Å². The number of hydrogen-bond donors (Lipinski definition) is 3. The summed E-state index contributed by atoms with van der Waals surface area (Å²) in [6, 6.07) is 17.4. The molecule has 9 nitrogen and oxygen atoms in total. The minimum atomic E-state index is -3.44. The molecular formula is C27H35N5O4S. The number of likely N-dealkylation sites (tertiary alicyclic amines) is 1. The molecule has 2 amide bonds. The van der Waals surface area contributed by atoms with Gasteiger partial charge in [-0.1, -0.05) is 51.1 Å². The monoisotopic (exact) mass is 525 g/mol. The summed E-state index contributed by atoms with van der Waals surface area (Å²) in [5, 5.41) is 15.8. The van der Waals surface area contributed by atoms with Crippen LogP contribution in [-0.4, -0.2) is 56.1 Å². The van der Waals surface area contributed by atoms with E-state index in [2.05, 4.69) is 26.3 Å². The summed E-state index contributed by atoms with van der Waals surface area (Å²) in [5.41, 5.74) is 0.452. The van der Waals surface area contributed by atoms with Crippen molar-refractivity contribution in [1.82, 2.24) is 15.5 Å². The highest BCUT2D eigenvalue weighted by molar-refractivity contribution is 7.92. The van der Waals surface area contributed by atoms with Gasteiger partial charge in [-0.2, -0.15) is 5.26 Å². The number of nitriles is 1. The number of carbonyl (C=O) groups is 2. The predicted octanol–water partition coefficient (Wildman–Crippen LogP) is 2.88. The van der Waals surface area contributed by atoms with Crippen LogP contribution in [0.4, 0.5) is 5.69 Å². The Morgan fingerprint density at radius 3 is 2.32 bits per heavy atom. The number of anilines is 1. The van der Waals surface area contributed by atoms with Gasteiger partial charge in [-0.15, -0.1) is 0 Å². The van der Waals surface area contributed by atoms with Crippen LogP contribution in [0.5, 0.6) is 0 Å². The van der Waals surface area contributed by atoms with Crippen LogP contribution in [-0.2, 0) is 21.4 Å². The largest absolute Gasteiger partial charge is 0.340 e. The number of sulfonamides is 1. The summed E-state index contributed by atoms with van der Waals surface area (Å²) in [6.07, 6.45) is 1.91. The normalized spacial score (nSPS) is 19.0. The molecule has 0 bridgehead atoms. The Morgan fingerprint density at radius 1 is 1.11 bits per heavy atom. The van der Waals surface area contributed by atoms with Crippen LogP contribution < -0.4 is 15.4 Å². The van der Waals surface area contributed by atoms with E-state index in [9.17, 15) is 23.3 Å². The van der Waals surface area contributed by atoms with Crippen LogP contribution in [0.15, 0.2) is 54.6 Å². The van der Waals surface area contributed by atoms with Gasteiger partial charge in [0.2, 0.25) is 15.9 Å². The lowest BCUT2D eigenvalue weighted by Crippen LogP contribution is -2.56. The number of nitrogens with zero attached hydrogens (tertiary/aromatic N) is 2. The van der Waals surface area contributed by atoms with Crippen molar-refractivity contribution in [2.24, 2.45) is 5.41 Å². The molecule has 3 rings (SSSR count). The number of hydrogen-bond acceptors (Lipinski definition) is 6. The smallest absolute Gasteiger partial charge is 0.251 e. The number of nitrogens with one attached hydrogen (secondary N) is 3. The predicted molar refractivity (Wildman–Crippen MR) is 143 cm³/mol. The molecule has 2 atom stereocenters. The third-order valence-corrected chi connectivity index (χ3v) is 6.67. The molecule has 1 aliphatic heterocycles. The summed E-state index contributed by atoms with van der Waals surface area (Å²) >= 11 is 0. The highest BCUT2D eigenvalue weighted by Crippen LogP contribution is 2.25. The zero-order chi connectivity index (χ0) is 27.3. The van der Waals surface area contributed by atoms with Gasteiger partial charge in [0.05, 0.1) is 12.3 Å². The summed E-state index contributed by atoms with van der Waals surface area (Å²) in [7, 11) is -3.44. The quantitative estimate of drug-likeness (QED) is 0.461. The first kappa shape index (κ1) is 28.2. The van der Waals surface area contributed by atoms with Crippen molar-refractivity contribution < 1.29 is 18.0 Å². The fourth-order valence-corrected chi connectivity index (χ4v) is 4.94. The minimum Gasteiger partial charge on any atom is -0.340 e. The zero-order valence-electron chi connectivity index (χ0n) is 21.7. The molecule has 0 radical (unpaired) electrons. The zero-order valence-corrected chi connectivity index (χ0v) is 22.6. The fourth-order valence-electron chi connectivity index (χ4n) is 4.38. The second kappa shape index (κ2) is 11.3. The maximum Gasteiger partial charge on any atom is 0.251 e. The lowest BCUT2D eigenvalue weighted by molar-refractivity contribution is -0.125. The summed E-state index contributed by atoms with van der Waals surface area (Å²) in [6.45, 7) is 7.68. The van der Waals surface area contributed by atoms with Crippen molar-refractivity contribution in [3.05, 3.63) is 65.7 Å². The Labute approximate surface area is 219 Å². The van der Waals surface area contributed by atoms with E-state index in [4.69, 9.17) is 0 Å². The average Bonchev–Trinajstić information content (AvgIpc) is 3.20. The fraction of sp³-hybridized carbons (Fsp3) is 0.444. The molecular weight excluding hydrogens is 490 g/mol. The molecule has 10 heteroatoms. The second-order valence-electron chi connectivity index (χ2n) is 10.9. The summed E-state index contributed by atoms with van der Waals surface area (Å²) in [5.74, 6) is -0.861. The summed E-state index contributed by atoms with van der Waals surface area (Å²) < 4.78 is 25.2. The molecule has 3 N–H and O–H groups in total. The lowest BCUT2D eigenvalue weighted by Gasteiger charge is -2.30. The van der Waals surface area contributed by atoms with E-state index in [0.717, 1.165) is 11.8 Å². The number of amides is 2. The van der Waals surface area contributed by atoms with E-state index in [0.29, 0.717) is 38.2 Å². The summed E-state index contributed by atoms with van der Waals surface area (Å²) in [4.78, 5) is 28.5. The SMILES string of the molecule is CC(C)(C)CC(NC(=O)c1ccc(NS(C)(=O)=O)cc1)C(=O)NC1(C#N)CCN(Cc2ccccc2)C1. The van der Waals surface area contributed by atoms with E-state index >= 15 is 0 Å². The van der Waals surface area contributed by atoms with Gasteiger partial charge in [-0.3, -0.25) is 19.2 Å². The molecule has 2 unspecified atom stereocenters. The van der Waals surface area contributed by atoms with Crippen LogP contribution in [0, 0.1) is 16.7 Å². The lowest BCUT2D eigenvalue weighted by atomic mass is 9.87. The van der Waals surface area contributed by atoms with E-state index in [1.807, 2.05) is 51.1 Å². The van der Waals surface area contributed by atoms with Crippen molar-refractivity contribution in [3.63, 3.8) is 0 Å². The van der Waals surface area contributed by atoms with Crippen molar-refractivity contribution in [2.45, 2.75) is 51.7 Å². The van der Waals surface area contributed by atoms with Crippen LogP contribution in [0.1, 0.15) is 49.5 Å². The van der Waals surface area contributed by atoms with Gasteiger partial charge in [-0.05, 0) is 48.1 Å². The van der Waals surface area contributed by atoms with Crippen molar-refractivity contribution in [2.75, 3.05) is 24.1 Å². The van der Waals surface area contributed by atoms with E-state index < -0.39 is 33.4 Å². The molecule has 37 heavy (non-hydrogen) atoms. The van der Waals surface area contributed by atoms with E-state index in [1.54, 1.807) is 0 Å². The number of rotatable bonds is 9. The molecule has 1 aliphatic rings. The third kappa shape index (κ3) is 8.58. The van der Waals surface area contributed by atoms with Crippen molar-refractivity contribution >= 4 is 27.5 Å². The Kier molecular flexibility index (Phi) is 8.61. The highest BCUT2D eigenvalue weighted by Gasteiger charge is 2.41. The first-order valence-corrected chi connectivity index (χ1v) is 14.0. The molecule has 0 saturated carbocycles. The Bertz CT molecular complexity index is 1250. The van der Waals surface area contributed by atoms with Gasteiger partial charge in [0, 0.05) is 30.9 Å². The molecule has 0 aromatic heterocycles. The second-order valence-corrected chi connectivity index (χ2v) is 12.6. The first-order chi connectivity index (χ1) is 17.3. The van der Waals surface area contributed by atoms with Crippen LogP contribution in [0.2, 0.25) is 0 Å². The topological polar surface area (TPSA) is 131 Å². The molecule has 2 aromatic rings. The van der Waals surface area contributed by atoms with Gasteiger partial charge in [0.15, 0.2) is 0 Å². The maximum atomic E-state index is 13.4. The van der Waals surface area contributed by atoms with Gasteiger partial charge < -0.3 is 10.6 Å². The van der Waals surface area contributed by atoms with E-state index in [1.165, 1.54) is 24.3 Å². The van der Waals surface area contributed by atoms with Crippen molar-refractivity contribution in [3.8, 4) is 6.07 Å². The van der Waals surface area contributed by atoms with Gasteiger partial charge in [-0.25, -0.2) is 8.42 Å². The van der Waals surface area contributed by atoms with Crippen molar-refractivity contribution in [1.29, 1.82) is 5.26 Å². The molecule has 198 valence electrons. The Morgan fingerprint density at radius 2 is 1.76 bits per heavy atom. The Hall–Kier alpha value is -3.42. The number of benzene rings is 2. The standard InChI is InChI=1S/C27H35N5O4S/c1-26(2,3)16-23(29-24(33)21-10-12-22(13-11-21)31-37(4,35)36)25(34)30-27(18-28)14-15-32(19-27)17-20-8-6-5-7-9-20/h5-13,23,31H,14-17,19H2,1-4H3,(H,29,33)(H,30,34).